The second-order valence-electron chi connectivity index (χ2n) is 7.84. The first-order chi connectivity index (χ1) is 12.7. The Morgan fingerprint density at radius 1 is 1.22 bits per heavy atom. The van der Waals surface area contributed by atoms with Crippen LogP contribution in [0.25, 0.3) is 0 Å². The SMILES string of the molecule is CCN(CC)C(=O)OC1CCC([C@H](C)C(N)C(=O)N2CCC(F)(F)C2)CC1. The van der Waals surface area contributed by atoms with E-state index < -0.39 is 18.5 Å². The Morgan fingerprint density at radius 3 is 2.30 bits per heavy atom. The Hall–Kier alpha value is -1.44. The van der Waals surface area contributed by atoms with Crippen LogP contribution in [0.1, 0.15) is 52.9 Å². The summed E-state index contributed by atoms with van der Waals surface area (Å²) in [6.45, 7) is 6.53. The number of amides is 2. The summed E-state index contributed by atoms with van der Waals surface area (Å²) < 4.78 is 32.3. The summed E-state index contributed by atoms with van der Waals surface area (Å²) in [6, 6.07) is -0.765. The number of rotatable bonds is 6. The van der Waals surface area contributed by atoms with Gasteiger partial charge in [-0.1, -0.05) is 6.92 Å². The number of hydrogen-bond donors (Lipinski definition) is 1. The number of carbonyl (C=O) groups excluding carboxylic acids is 2. The molecule has 2 atom stereocenters. The molecule has 0 aromatic rings. The Bertz CT molecular complexity index is 520. The Balaban J connectivity index is 1.81. The fraction of sp³-hybridized carbons (Fsp3) is 0.895. The van der Waals surface area contributed by atoms with Gasteiger partial charge in [-0.3, -0.25) is 4.79 Å². The lowest BCUT2D eigenvalue weighted by atomic mass is 9.76. The minimum absolute atomic E-state index is 0.0697. The summed E-state index contributed by atoms with van der Waals surface area (Å²) in [5, 5.41) is 0. The second kappa shape index (κ2) is 9.17. The molecule has 0 spiro atoms. The van der Waals surface area contributed by atoms with E-state index in [1.807, 2.05) is 20.8 Å². The highest BCUT2D eigenvalue weighted by Gasteiger charge is 2.43. The number of hydrogen-bond acceptors (Lipinski definition) is 4. The molecule has 0 radical (unpaired) electrons. The van der Waals surface area contributed by atoms with Crippen LogP contribution in [0.2, 0.25) is 0 Å². The van der Waals surface area contributed by atoms with Gasteiger partial charge >= 0.3 is 6.09 Å². The lowest BCUT2D eigenvalue weighted by Gasteiger charge is -2.35. The maximum atomic E-state index is 13.3. The third kappa shape index (κ3) is 5.53. The fourth-order valence-corrected chi connectivity index (χ4v) is 4.08. The fourth-order valence-electron chi connectivity index (χ4n) is 4.08. The number of nitrogens with zero attached hydrogens (tertiary/aromatic N) is 2. The second-order valence-corrected chi connectivity index (χ2v) is 7.84. The number of alkyl halides is 2. The monoisotopic (exact) mass is 389 g/mol. The van der Waals surface area contributed by atoms with Crippen LogP contribution in [-0.4, -0.2) is 66.0 Å². The van der Waals surface area contributed by atoms with Crippen molar-refractivity contribution in [3.05, 3.63) is 0 Å². The molecule has 1 heterocycles. The standard InChI is InChI=1S/C19H33F2N3O3/c1-4-23(5-2)18(26)27-15-8-6-14(7-9-15)13(3)16(22)17(25)24-11-10-19(20,21)12-24/h13-16H,4-12,22H2,1-3H3/t13-,14?,15?,16?/m0/s1. The first-order valence-electron chi connectivity index (χ1n) is 10.1. The van der Waals surface area contributed by atoms with Crippen LogP contribution in [0, 0.1) is 11.8 Å². The van der Waals surface area contributed by atoms with Gasteiger partial charge in [0.1, 0.15) is 6.10 Å². The van der Waals surface area contributed by atoms with Gasteiger partial charge in [-0.15, -0.1) is 0 Å². The Labute approximate surface area is 160 Å². The summed E-state index contributed by atoms with van der Waals surface area (Å²) in [5.41, 5.74) is 6.12. The zero-order valence-corrected chi connectivity index (χ0v) is 16.6. The van der Waals surface area contributed by atoms with Crippen molar-refractivity contribution < 1.29 is 23.1 Å². The number of ether oxygens (including phenoxy) is 1. The minimum Gasteiger partial charge on any atom is -0.446 e. The van der Waals surface area contributed by atoms with Crippen molar-refractivity contribution >= 4 is 12.0 Å². The number of nitrogens with two attached hydrogens (primary N) is 1. The van der Waals surface area contributed by atoms with E-state index in [0.29, 0.717) is 13.1 Å². The van der Waals surface area contributed by atoms with Gasteiger partial charge in [0.15, 0.2) is 0 Å². The van der Waals surface area contributed by atoms with Crippen molar-refractivity contribution in [2.24, 2.45) is 17.6 Å². The van der Waals surface area contributed by atoms with Gasteiger partial charge in [0.05, 0.1) is 12.6 Å². The van der Waals surface area contributed by atoms with Crippen molar-refractivity contribution in [1.29, 1.82) is 0 Å². The average Bonchev–Trinajstić information content (AvgIpc) is 3.01. The molecule has 8 heteroatoms. The van der Waals surface area contributed by atoms with E-state index in [1.165, 1.54) is 4.90 Å². The number of halogens is 2. The maximum Gasteiger partial charge on any atom is 0.410 e. The molecule has 2 aliphatic rings. The first-order valence-corrected chi connectivity index (χ1v) is 10.1. The van der Waals surface area contributed by atoms with Gasteiger partial charge in [-0.2, -0.15) is 0 Å². The van der Waals surface area contributed by atoms with E-state index in [1.54, 1.807) is 4.90 Å². The van der Waals surface area contributed by atoms with Crippen LogP contribution in [0.15, 0.2) is 0 Å². The predicted molar refractivity (Wildman–Crippen MR) is 98.4 cm³/mol. The van der Waals surface area contributed by atoms with Gasteiger partial charge < -0.3 is 20.3 Å². The molecule has 1 unspecified atom stereocenters. The van der Waals surface area contributed by atoms with Gasteiger partial charge in [0, 0.05) is 26.1 Å². The molecule has 2 amide bonds. The normalized spacial score (nSPS) is 27.1. The zero-order chi connectivity index (χ0) is 20.2. The highest BCUT2D eigenvalue weighted by Crippen LogP contribution is 2.34. The molecule has 0 bridgehead atoms. The smallest absolute Gasteiger partial charge is 0.410 e. The van der Waals surface area contributed by atoms with Crippen LogP contribution in [0.3, 0.4) is 0 Å². The van der Waals surface area contributed by atoms with Crippen LogP contribution >= 0.6 is 0 Å². The minimum atomic E-state index is -2.80. The molecule has 6 nitrogen and oxygen atoms in total. The van der Waals surface area contributed by atoms with Crippen molar-refractivity contribution in [3.8, 4) is 0 Å². The van der Waals surface area contributed by atoms with Crippen LogP contribution < -0.4 is 5.73 Å². The summed E-state index contributed by atoms with van der Waals surface area (Å²) >= 11 is 0. The van der Waals surface area contributed by atoms with E-state index >= 15 is 0 Å². The molecule has 2 N–H and O–H groups in total. The van der Waals surface area contributed by atoms with Crippen LogP contribution in [0.5, 0.6) is 0 Å². The predicted octanol–water partition coefficient (Wildman–Crippen LogP) is 2.85. The molecule has 2 rings (SSSR count). The Morgan fingerprint density at radius 2 is 1.81 bits per heavy atom. The number of likely N-dealkylation sites (tertiary alicyclic amines) is 1. The molecule has 1 saturated carbocycles. The highest BCUT2D eigenvalue weighted by molar-refractivity contribution is 5.82. The molecule has 1 aliphatic heterocycles. The summed E-state index contributed by atoms with van der Waals surface area (Å²) in [4.78, 5) is 27.4. The molecule has 0 aromatic heterocycles. The molecule has 1 saturated heterocycles. The topological polar surface area (TPSA) is 75.9 Å². The largest absolute Gasteiger partial charge is 0.446 e. The van der Waals surface area contributed by atoms with E-state index in [4.69, 9.17) is 10.5 Å². The van der Waals surface area contributed by atoms with E-state index in [-0.39, 0.29) is 42.9 Å². The van der Waals surface area contributed by atoms with Crippen LogP contribution in [0.4, 0.5) is 13.6 Å². The van der Waals surface area contributed by atoms with E-state index in [9.17, 15) is 18.4 Å². The third-order valence-corrected chi connectivity index (χ3v) is 6.08. The molecule has 156 valence electrons. The summed E-state index contributed by atoms with van der Waals surface area (Å²) in [7, 11) is 0. The first kappa shape index (κ1) is 21.9. The summed E-state index contributed by atoms with van der Waals surface area (Å²) in [6.07, 6.45) is 2.44. The lowest BCUT2D eigenvalue weighted by molar-refractivity contribution is -0.134. The van der Waals surface area contributed by atoms with Gasteiger partial charge in [-0.25, -0.2) is 13.6 Å². The van der Waals surface area contributed by atoms with Crippen molar-refractivity contribution in [2.45, 2.75) is 70.9 Å². The molecule has 27 heavy (non-hydrogen) atoms. The molecule has 2 fully saturated rings. The quantitative estimate of drug-likeness (QED) is 0.758. The zero-order valence-electron chi connectivity index (χ0n) is 16.6. The van der Waals surface area contributed by atoms with Crippen molar-refractivity contribution in [1.82, 2.24) is 9.80 Å². The van der Waals surface area contributed by atoms with Crippen molar-refractivity contribution in [3.63, 3.8) is 0 Å². The van der Waals surface area contributed by atoms with Gasteiger partial charge in [-0.05, 0) is 51.4 Å². The molecule has 0 aromatic carbocycles. The van der Waals surface area contributed by atoms with E-state index in [2.05, 4.69) is 0 Å². The third-order valence-electron chi connectivity index (χ3n) is 6.08. The van der Waals surface area contributed by atoms with Crippen LogP contribution in [-0.2, 0) is 9.53 Å². The molecular formula is C19H33F2N3O3. The summed E-state index contributed by atoms with van der Waals surface area (Å²) in [5.74, 6) is -3.04. The lowest BCUT2D eigenvalue weighted by Crippen LogP contribution is -2.49. The van der Waals surface area contributed by atoms with Gasteiger partial charge in [0.2, 0.25) is 5.91 Å². The average molecular weight is 389 g/mol. The van der Waals surface area contributed by atoms with Gasteiger partial charge in [0.25, 0.3) is 5.92 Å². The van der Waals surface area contributed by atoms with E-state index in [0.717, 1.165) is 25.7 Å². The number of carbonyl (C=O) groups is 2. The Kier molecular flexibility index (Phi) is 7.42. The highest BCUT2D eigenvalue weighted by atomic mass is 19.3. The maximum absolute atomic E-state index is 13.3. The van der Waals surface area contributed by atoms with Crippen molar-refractivity contribution in [2.75, 3.05) is 26.2 Å². The molecule has 1 aliphatic carbocycles. The molecular weight excluding hydrogens is 356 g/mol.